The molecule has 0 N–H and O–H groups in total. The highest BCUT2D eigenvalue weighted by Gasteiger charge is 2.43. The molecule has 2 heteroatoms. The number of allylic oxidation sites excluding steroid dienone is 2. The molecule has 0 bridgehead atoms. The Morgan fingerprint density at radius 2 is 0.725 bits per heavy atom. The van der Waals surface area contributed by atoms with Gasteiger partial charge in [0.15, 0.2) is 0 Å². The Morgan fingerprint density at radius 1 is 0.392 bits per heavy atom. The number of hydrogen-bond acceptors (Lipinski definition) is 2. The van der Waals surface area contributed by atoms with Gasteiger partial charge in [-0.05, 0) is 134 Å². The number of rotatable bonds is 16. The van der Waals surface area contributed by atoms with Crippen LogP contribution in [0.15, 0.2) is 183 Å². The molecule has 7 rings (SSSR count). The lowest BCUT2D eigenvalue weighted by Crippen LogP contribution is -2.26. The number of unbranched alkanes of at least 4 members (excludes halogenated alkanes) is 4. The molecule has 254 valence electrons. The van der Waals surface area contributed by atoms with E-state index in [-0.39, 0.29) is 5.41 Å². The van der Waals surface area contributed by atoms with Gasteiger partial charge in [-0.2, -0.15) is 0 Å². The minimum Gasteiger partial charge on any atom is -0.310 e. The Kier molecular flexibility index (Phi) is 10.6. The van der Waals surface area contributed by atoms with Gasteiger partial charge < -0.3 is 9.80 Å². The molecule has 0 aliphatic heterocycles. The fourth-order valence-electron chi connectivity index (χ4n) is 8.05. The molecule has 0 atom stereocenters. The molecule has 0 spiro atoms. The molecule has 6 aromatic rings. The van der Waals surface area contributed by atoms with Crippen molar-refractivity contribution >= 4 is 34.1 Å². The summed E-state index contributed by atoms with van der Waals surface area (Å²) in [5.41, 5.74) is 12.5. The van der Waals surface area contributed by atoms with E-state index in [0.29, 0.717) is 0 Å². The summed E-state index contributed by atoms with van der Waals surface area (Å²) < 4.78 is 0. The van der Waals surface area contributed by atoms with Crippen molar-refractivity contribution in [2.24, 2.45) is 0 Å². The van der Waals surface area contributed by atoms with E-state index >= 15 is 0 Å². The number of hydrogen-bond donors (Lipinski definition) is 0. The molecule has 1 aliphatic carbocycles. The van der Waals surface area contributed by atoms with Gasteiger partial charge in [-0.15, -0.1) is 13.2 Å². The average molecular weight is 665 g/mol. The van der Waals surface area contributed by atoms with E-state index in [9.17, 15) is 0 Å². The summed E-state index contributed by atoms with van der Waals surface area (Å²) in [6.45, 7) is 8.09. The zero-order valence-electron chi connectivity index (χ0n) is 29.6. The Hall–Kier alpha value is -5.60. The van der Waals surface area contributed by atoms with E-state index in [2.05, 4.69) is 193 Å². The van der Waals surface area contributed by atoms with Crippen molar-refractivity contribution in [2.75, 3.05) is 9.80 Å². The molecule has 0 unspecified atom stereocenters. The third-order valence-electron chi connectivity index (χ3n) is 10.4. The van der Waals surface area contributed by atoms with Crippen LogP contribution in [0, 0.1) is 0 Å². The maximum Gasteiger partial charge on any atom is 0.0465 e. The standard InChI is InChI=1S/C49H48N2/c1-3-5-7-21-35-49(36-22-8-6-4-2)47-37-43(50(39-23-13-9-14-24-39)40-25-15-10-16-26-40)31-33-45(47)46-34-32-44(38-48(46)49)51(41-27-17-11-18-28-41)42-29-19-12-20-30-42/h3-4,9-20,23-34,37-38H,1-2,5-8,21-22,35-36H2. The molecule has 0 amide bonds. The van der Waals surface area contributed by atoms with Crippen molar-refractivity contribution in [3.8, 4) is 11.1 Å². The predicted molar refractivity (Wildman–Crippen MR) is 219 cm³/mol. The first-order chi connectivity index (χ1) is 25.2. The van der Waals surface area contributed by atoms with Gasteiger partial charge in [0.25, 0.3) is 0 Å². The first-order valence-corrected chi connectivity index (χ1v) is 18.6. The molecule has 0 heterocycles. The predicted octanol–water partition coefficient (Wildman–Crippen LogP) is 14.4. The molecule has 0 radical (unpaired) electrons. The third kappa shape index (κ3) is 7.05. The van der Waals surface area contributed by atoms with E-state index in [1.807, 2.05) is 0 Å². The van der Waals surface area contributed by atoms with Crippen LogP contribution in [0.4, 0.5) is 34.1 Å². The number of benzene rings is 6. The summed E-state index contributed by atoms with van der Waals surface area (Å²) in [5, 5.41) is 0. The fraction of sp³-hybridized carbons (Fsp3) is 0.184. The monoisotopic (exact) mass is 664 g/mol. The van der Waals surface area contributed by atoms with Gasteiger partial charge in [-0.3, -0.25) is 0 Å². The summed E-state index contributed by atoms with van der Waals surface area (Å²) in [7, 11) is 0. The summed E-state index contributed by atoms with van der Waals surface area (Å²) in [6, 6.07) is 57.5. The lowest BCUT2D eigenvalue weighted by Gasteiger charge is -2.35. The summed E-state index contributed by atoms with van der Waals surface area (Å²) >= 11 is 0. The van der Waals surface area contributed by atoms with Crippen LogP contribution in [-0.2, 0) is 5.41 Å². The SMILES string of the molecule is C=CCCCCC1(CCCCC=C)c2cc(N(c3ccccc3)c3ccccc3)ccc2-c2ccc(N(c3ccccc3)c3ccccc3)cc21. The fourth-order valence-corrected chi connectivity index (χ4v) is 8.05. The molecule has 2 nitrogen and oxygen atoms in total. The number of anilines is 6. The Labute approximate surface area is 305 Å². The molecule has 0 aromatic heterocycles. The maximum atomic E-state index is 4.05. The van der Waals surface area contributed by atoms with Gasteiger partial charge in [0.1, 0.15) is 0 Å². The molecular weight excluding hydrogens is 617 g/mol. The van der Waals surface area contributed by atoms with Gasteiger partial charge in [-0.25, -0.2) is 0 Å². The third-order valence-corrected chi connectivity index (χ3v) is 10.4. The Morgan fingerprint density at radius 3 is 1.04 bits per heavy atom. The summed E-state index contributed by atoms with van der Waals surface area (Å²) in [4.78, 5) is 4.81. The second kappa shape index (κ2) is 16.0. The van der Waals surface area contributed by atoms with Crippen molar-refractivity contribution in [3.63, 3.8) is 0 Å². The van der Waals surface area contributed by atoms with E-state index in [1.165, 1.54) is 33.6 Å². The van der Waals surface area contributed by atoms with Crippen LogP contribution in [0.1, 0.15) is 62.5 Å². The number of para-hydroxylation sites is 4. The van der Waals surface area contributed by atoms with Crippen LogP contribution < -0.4 is 9.80 Å². The highest BCUT2D eigenvalue weighted by atomic mass is 15.1. The van der Waals surface area contributed by atoms with Crippen LogP contribution in [0.3, 0.4) is 0 Å². The van der Waals surface area contributed by atoms with Crippen LogP contribution in [0.25, 0.3) is 11.1 Å². The smallest absolute Gasteiger partial charge is 0.0465 e. The maximum absolute atomic E-state index is 4.05. The molecule has 0 saturated heterocycles. The van der Waals surface area contributed by atoms with Crippen molar-refractivity contribution in [1.29, 1.82) is 0 Å². The zero-order valence-corrected chi connectivity index (χ0v) is 29.6. The lowest BCUT2D eigenvalue weighted by molar-refractivity contribution is 0.409. The number of fused-ring (bicyclic) bond motifs is 3. The first-order valence-electron chi connectivity index (χ1n) is 18.6. The lowest BCUT2D eigenvalue weighted by atomic mass is 9.70. The second-order valence-corrected chi connectivity index (χ2v) is 13.6. The normalized spacial score (nSPS) is 12.5. The van der Waals surface area contributed by atoms with Gasteiger partial charge in [0, 0.05) is 39.5 Å². The Balaban J connectivity index is 1.42. The number of nitrogens with zero attached hydrogens (tertiary/aromatic N) is 2. The minimum atomic E-state index is -0.128. The first kappa shape index (κ1) is 33.9. The van der Waals surface area contributed by atoms with Gasteiger partial charge in [0.05, 0.1) is 0 Å². The highest BCUT2D eigenvalue weighted by Crippen LogP contribution is 2.57. The van der Waals surface area contributed by atoms with Gasteiger partial charge >= 0.3 is 0 Å². The van der Waals surface area contributed by atoms with Gasteiger partial charge in [0.2, 0.25) is 0 Å². The van der Waals surface area contributed by atoms with Crippen molar-refractivity contribution < 1.29 is 0 Å². The second-order valence-electron chi connectivity index (χ2n) is 13.6. The van der Waals surface area contributed by atoms with Crippen LogP contribution in [0.2, 0.25) is 0 Å². The van der Waals surface area contributed by atoms with Crippen molar-refractivity contribution in [2.45, 2.75) is 56.8 Å². The highest BCUT2D eigenvalue weighted by molar-refractivity contribution is 5.88. The van der Waals surface area contributed by atoms with Crippen LogP contribution in [0.5, 0.6) is 0 Å². The summed E-state index contributed by atoms with van der Waals surface area (Å²) in [5.74, 6) is 0. The van der Waals surface area contributed by atoms with Crippen LogP contribution in [-0.4, -0.2) is 0 Å². The zero-order chi connectivity index (χ0) is 34.9. The molecule has 1 aliphatic rings. The molecular formula is C49H48N2. The Bertz CT molecular complexity index is 1800. The van der Waals surface area contributed by atoms with E-state index in [1.54, 1.807) is 0 Å². The molecule has 51 heavy (non-hydrogen) atoms. The average Bonchev–Trinajstić information content (AvgIpc) is 3.45. The molecule has 0 fully saturated rings. The van der Waals surface area contributed by atoms with Crippen molar-refractivity contribution in [1.82, 2.24) is 0 Å². The molecule has 0 saturated carbocycles. The largest absolute Gasteiger partial charge is 0.310 e. The minimum absolute atomic E-state index is 0.128. The van der Waals surface area contributed by atoms with E-state index < -0.39 is 0 Å². The van der Waals surface area contributed by atoms with Crippen LogP contribution >= 0.6 is 0 Å². The molecule has 6 aromatic carbocycles. The van der Waals surface area contributed by atoms with Crippen molar-refractivity contribution in [3.05, 3.63) is 194 Å². The van der Waals surface area contributed by atoms with Gasteiger partial charge in [-0.1, -0.05) is 110 Å². The van der Waals surface area contributed by atoms with E-state index in [4.69, 9.17) is 0 Å². The topological polar surface area (TPSA) is 6.48 Å². The van der Waals surface area contributed by atoms with E-state index in [0.717, 1.165) is 74.1 Å². The quantitative estimate of drug-likeness (QED) is 0.0750. The summed E-state index contributed by atoms with van der Waals surface area (Å²) in [6.07, 6.45) is 13.0.